The van der Waals surface area contributed by atoms with Gasteiger partial charge in [0.15, 0.2) is 11.5 Å². The van der Waals surface area contributed by atoms with Crippen molar-refractivity contribution in [2.45, 2.75) is 45.1 Å². The van der Waals surface area contributed by atoms with E-state index in [1.54, 1.807) is 0 Å². The first-order valence-electron chi connectivity index (χ1n) is 10.5. The highest BCUT2D eigenvalue weighted by molar-refractivity contribution is 5.75. The average molecular weight is 395 g/mol. The number of benzene rings is 2. The van der Waals surface area contributed by atoms with Gasteiger partial charge in [-0.3, -0.25) is 0 Å². The Morgan fingerprint density at radius 2 is 1.90 bits per heavy atom. The molecule has 2 aliphatic rings. The van der Waals surface area contributed by atoms with Crippen LogP contribution in [0.2, 0.25) is 0 Å². The van der Waals surface area contributed by atoms with Gasteiger partial charge in [0, 0.05) is 18.5 Å². The lowest BCUT2D eigenvalue weighted by atomic mass is 9.82. The van der Waals surface area contributed by atoms with Crippen LogP contribution in [-0.4, -0.2) is 37.2 Å². The Hall–Kier alpha value is -2.69. The Kier molecular flexibility index (Phi) is 5.39. The van der Waals surface area contributed by atoms with Crippen molar-refractivity contribution in [3.8, 4) is 11.5 Å². The van der Waals surface area contributed by atoms with Crippen LogP contribution in [0.4, 0.5) is 4.79 Å². The molecule has 1 fully saturated rings. The van der Waals surface area contributed by atoms with E-state index in [1.807, 2.05) is 17.0 Å². The molecule has 0 bridgehead atoms. The molecule has 0 saturated carbocycles. The predicted octanol–water partition coefficient (Wildman–Crippen LogP) is 4.59. The van der Waals surface area contributed by atoms with Crippen LogP contribution < -0.4 is 14.8 Å². The van der Waals surface area contributed by atoms with Gasteiger partial charge < -0.3 is 19.7 Å². The molecule has 0 radical (unpaired) electrons. The molecule has 2 aromatic rings. The number of amides is 2. The first-order chi connectivity index (χ1) is 14.0. The van der Waals surface area contributed by atoms with Crippen LogP contribution in [0.15, 0.2) is 42.5 Å². The Morgan fingerprint density at radius 3 is 2.69 bits per heavy atom. The fourth-order valence-corrected chi connectivity index (χ4v) is 4.45. The molecule has 1 atom stereocenters. The van der Waals surface area contributed by atoms with Crippen LogP contribution >= 0.6 is 0 Å². The summed E-state index contributed by atoms with van der Waals surface area (Å²) in [7, 11) is 0. The quantitative estimate of drug-likeness (QED) is 0.825. The van der Waals surface area contributed by atoms with Crippen molar-refractivity contribution in [1.82, 2.24) is 10.2 Å². The highest BCUT2D eigenvalue weighted by Crippen LogP contribution is 2.38. The summed E-state index contributed by atoms with van der Waals surface area (Å²) >= 11 is 0. The van der Waals surface area contributed by atoms with Gasteiger partial charge in [-0.15, -0.1) is 0 Å². The van der Waals surface area contributed by atoms with Crippen LogP contribution in [0.5, 0.6) is 11.5 Å². The molecule has 1 saturated heterocycles. The molecule has 0 spiro atoms. The molecule has 1 N–H and O–H groups in total. The summed E-state index contributed by atoms with van der Waals surface area (Å²) in [5, 5.41) is 3.18. The van der Waals surface area contributed by atoms with Crippen molar-refractivity contribution in [3.63, 3.8) is 0 Å². The van der Waals surface area contributed by atoms with E-state index in [-0.39, 0.29) is 17.5 Å². The van der Waals surface area contributed by atoms with Crippen molar-refractivity contribution < 1.29 is 14.3 Å². The van der Waals surface area contributed by atoms with Crippen molar-refractivity contribution in [2.24, 2.45) is 0 Å². The first-order valence-corrected chi connectivity index (χ1v) is 10.5. The number of hydrogen-bond donors (Lipinski definition) is 1. The second-order valence-corrected chi connectivity index (χ2v) is 8.61. The standard InChI is InChI=1S/C24H30N2O3/c1-17-7-4-5-8-19(17)24(2,3)16-25-23(27)26-12-6-9-20(26)18-10-11-21-22(15-18)29-14-13-28-21/h4-5,7-8,10-11,15,20H,6,9,12-14,16H2,1-3H3,(H,25,27). The maximum absolute atomic E-state index is 13.0. The lowest BCUT2D eigenvalue weighted by molar-refractivity contribution is 0.170. The number of fused-ring (bicyclic) bond motifs is 1. The molecular formula is C24H30N2O3. The van der Waals surface area contributed by atoms with Gasteiger partial charge in [0.05, 0.1) is 6.04 Å². The van der Waals surface area contributed by atoms with Crippen LogP contribution in [-0.2, 0) is 5.41 Å². The third-order valence-corrected chi connectivity index (χ3v) is 6.02. The van der Waals surface area contributed by atoms with Gasteiger partial charge in [-0.1, -0.05) is 44.2 Å². The van der Waals surface area contributed by atoms with Gasteiger partial charge in [0.1, 0.15) is 13.2 Å². The normalized spacial score (nSPS) is 18.6. The number of urea groups is 1. The molecule has 0 aliphatic carbocycles. The minimum absolute atomic E-state index is 0.00375. The number of ether oxygens (including phenoxy) is 2. The summed E-state index contributed by atoms with van der Waals surface area (Å²) in [6.45, 7) is 9.00. The van der Waals surface area contributed by atoms with Gasteiger partial charge in [0.2, 0.25) is 0 Å². The number of carbonyl (C=O) groups is 1. The van der Waals surface area contributed by atoms with E-state index < -0.39 is 0 Å². The molecular weight excluding hydrogens is 364 g/mol. The van der Waals surface area contributed by atoms with Gasteiger partial charge in [-0.05, 0) is 48.6 Å². The van der Waals surface area contributed by atoms with Crippen molar-refractivity contribution in [1.29, 1.82) is 0 Å². The first kappa shape index (κ1) is 19.6. The zero-order valence-corrected chi connectivity index (χ0v) is 17.5. The average Bonchev–Trinajstić information content (AvgIpc) is 3.22. The molecule has 29 heavy (non-hydrogen) atoms. The van der Waals surface area contributed by atoms with E-state index in [9.17, 15) is 4.79 Å². The summed E-state index contributed by atoms with van der Waals surface area (Å²) < 4.78 is 11.4. The number of nitrogens with zero attached hydrogens (tertiary/aromatic N) is 1. The molecule has 2 heterocycles. The molecule has 5 heteroatoms. The summed E-state index contributed by atoms with van der Waals surface area (Å²) in [4.78, 5) is 15.0. The fraction of sp³-hybridized carbons (Fsp3) is 0.458. The molecule has 5 nitrogen and oxygen atoms in total. The zero-order valence-electron chi connectivity index (χ0n) is 17.5. The third-order valence-electron chi connectivity index (χ3n) is 6.02. The van der Waals surface area contributed by atoms with Crippen molar-refractivity contribution >= 4 is 6.03 Å². The predicted molar refractivity (Wildman–Crippen MR) is 114 cm³/mol. The highest BCUT2D eigenvalue weighted by atomic mass is 16.6. The summed E-state index contributed by atoms with van der Waals surface area (Å²) in [6, 6.07) is 14.5. The minimum atomic E-state index is -0.132. The minimum Gasteiger partial charge on any atom is -0.486 e. The lowest BCUT2D eigenvalue weighted by Crippen LogP contribution is -2.44. The van der Waals surface area contributed by atoms with Crippen molar-refractivity contribution in [3.05, 3.63) is 59.2 Å². The third kappa shape index (κ3) is 4.04. The SMILES string of the molecule is Cc1ccccc1C(C)(C)CNC(=O)N1CCCC1c1ccc2c(c1)OCCO2. The van der Waals surface area contributed by atoms with E-state index in [2.05, 4.69) is 56.4 Å². The van der Waals surface area contributed by atoms with E-state index in [1.165, 1.54) is 11.1 Å². The molecule has 2 aromatic carbocycles. The highest BCUT2D eigenvalue weighted by Gasteiger charge is 2.32. The van der Waals surface area contributed by atoms with Crippen LogP contribution in [0, 0.1) is 6.92 Å². The second kappa shape index (κ2) is 7.97. The van der Waals surface area contributed by atoms with Crippen LogP contribution in [0.1, 0.15) is 49.4 Å². The number of carbonyl (C=O) groups excluding carboxylic acids is 1. The maximum atomic E-state index is 13.0. The molecule has 0 aromatic heterocycles. The van der Waals surface area contributed by atoms with E-state index >= 15 is 0 Å². The lowest BCUT2D eigenvalue weighted by Gasteiger charge is -2.31. The Morgan fingerprint density at radius 1 is 1.14 bits per heavy atom. The van der Waals surface area contributed by atoms with Crippen LogP contribution in [0.3, 0.4) is 0 Å². The number of likely N-dealkylation sites (tertiary alicyclic amines) is 1. The number of hydrogen-bond acceptors (Lipinski definition) is 3. The Balaban J connectivity index is 1.45. The number of aryl methyl sites for hydroxylation is 1. The van der Waals surface area contributed by atoms with Crippen LogP contribution in [0.25, 0.3) is 0 Å². The van der Waals surface area contributed by atoms with Gasteiger partial charge in [-0.25, -0.2) is 4.79 Å². The van der Waals surface area contributed by atoms with Gasteiger partial charge >= 0.3 is 6.03 Å². The summed E-state index contributed by atoms with van der Waals surface area (Å²) in [5.41, 5.74) is 3.50. The van der Waals surface area contributed by atoms with E-state index in [4.69, 9.17) is 9.47 Å². The van der Waals surface area contributed by atoms with E-state index in [0.29, 0.717) is 19.8 Å². The molecule has 2 aliphatic heterocycles. The van der Waals surface area contributed by atoms with Crippen molar-refractivity contribution in [2.75, 3.05) is 26.3 Å². The molecule has 1 unspecified atom stereocenters. The molecule has 4 rings (SSSR count). The number of rotatable bonds is 4. The smallest absolute Gasteiger partial charge is 0.317 e. The number of nitrogens with one attached hydrogen (secondary N) is 1. The maximum Gasteiger partial charge on any atom is 0.317 e. The van der Waals surface area contributed by atoms with Gasteiger partial charge in [-0.2, -0.15) is 0 Å². The topological polar surface area (TPSA) is 50.8 Å². The Labute approximate surface area is 173 Å². The second-order valence-electron chi connectivity index (χ2n) is 8.61. The van der Waals surface area contributed by atoms with E-state index in [0.717, 1.165) is 36.4 Å². The molecule has 154 valence electrons. The summed E-state index contributed by atoms with van der Waals surface area (Å²) in [6.07, 6.45) is 1.97. The molecule has 2 amide bonds. The zero-order chi connectivity index (χ0) is 20.4. The summed E-state index contributed by atoms with van der Waals surface area (Å²) in [5.74, 6) is 1.57. The van der Waals surface area contributed by atoms with Gasteiger partial charge in [0.25, 0.3) is 0 Å². The largest absolute Gasteiger partial charge is 0.486 e. The monoisotopic (exact) mass is 394 g/mol. The fourth-order valence-electron chi connectivity index (χ4n) is 4.45. The Bertz CT molecular complexity index is 893.